The maximum Gasteiger partial charge on any atom is 0.130 e. The van der Waals surface area contributed by atoms with E-state index in [4.69, 9.17) is 5.26 Å². The van der Waals surface area contributed by atoms with Gasteiger partial charge in [0, 0.05) is 11.9 Å². The number of pyridine rings is 1. The molecule has 0 radical (unpaired) electrons. The van der Waals surface area contributed by atoms with Gasteiger partial charge in [-0.2, -0.15) is 5.26 Å². The minimum Gasteiger partial charge on any atom is -0.340 e. The third-order valence-corrected chi connectivity index (χ3v) is 2.18. The molecule has 78 valence electrons. The summed E-state index contributed by atoms with van der Waals surface area (Å²) in [6, 6.07) is 13.6. The Morgan fingerprint density at radius 3 is 2.75 bits per heavy atom. The lowest BCUT2D eigenvalue weighted by atomic mass is 10.2. The lowest BCUT2D eigenvalue weighted by Crippen LogP contribution is -1.93. The molecule has 1 aromatic carbocycles. The highest BCUT2D eigenvalue weighted by Crippen LogP contribution is 2.15. The van der Waals surface area contributed by atoms with Gasteiger partial charge in [-0.15, -0.1) is 0 Å². The average Bonchev–Trinajstić information content (AvgIpc) is 2.30. The van der Waals surface area contributed by atoms with E-state index in [0.29, 0.717) is 5.56 Å². The van der Waals surface area contributed by atoms with Gasteiger partial charge in [-0.05, 0) is 36.8 Å². The predicted molar refractivity (Wildman–Crippen MR) is 63.4 cm³/mol. The Labute approximate surface area is 94.4 Å². The molecule has 2 aromatic rings. The first-order chi connectivity index (χ1) is 7.78. The summed E-state index contributed by atoms with van der Waals surface area (Å²) < 4.78 is 0. The molecular weight excluding hydrogens is 198 g/mol. The van der Waals surface area contributed by atoms with E-state index in [-0.39, 0.29) is 0 Å². The molecule has 0 aliphatic rings. The highest BCUT2D eigenvalue weighted by Gasteiger charge is 1.96. The number of nitrogens with one attached hydrogen (secondary N) is 1. The highest BCUT2D eigenvalue weighted by atomic mass is 15.0. The Morgan fingerprint density at radius 1 is 1.25 bits per heavy atom. The number of nitrogens with zero attached hydrogens (tertiary/aromatic N) is 2. The first-order valence-electron chi connectivity index (χ1n) is 4.98. The fourth-order valence-electron chi connectivity index (χ4n) is 1.40. The van der Waals surface area contributed by atoms with E-state index >= 15 is 0 Å². The van der Waals surface area contributed by atoms with E-state index in [1.54, 1.807) is 18.3 Å². The van der Waals surface area contributed by atoms with E-state index in [0.717, 1.165) is 11.5 Å². The molecule has 0 saturated carbocycles. The number of hydrogen-bond donors (Lipinski definition) is 1. The number of hydrogen-bond acceptors (Lipinski definition) is 3. The van der Waals surface area contributed by atoms with Gasteiger partial charge in [0.05, 0.1) is 5.56 Å². The van der Waals surface area contributed by atoms with Crippen LogP contribution in [0.4, 0.5) is 11.5 Å². The topological polar surface area (TPSA) is 48.7 Å². The van der Waals surface area contributed by atoms with Crippen LogP contribution in [0.2, 0.25) is 0 Å². The zero-order chi connectivity index (χ0) is 11.4. The molecule has 3 nitrogen and oxygen atoms in total. The summed E-state index contributed by atoms with van der Waals surface area (Å²) in [5, 5.41) is 11.8. The second-order valence-electron chi connectivity index (χ2n) is 3.54. The zero-order valence-corrected chi connectivity index (χ0v) is 8.94. The van der Waals surface area contributed by atoms with E-state index in [1.165, 1.54) is 5.56 Å². The van der Waals surface area contributed by atoms with Gasteiger partial charge in [-0.1, -0.05) is 12.1 Å². The lowest BCUT2D eigenvalue weighted by molar-refractivity contribution is 1.28. The molecule has 0 aliphatic heterocycles. The molecule has 2 rings (SSSR count). The molecule has 0 fully saturated rings. The van der Waals surface area contributed by atoms with Crippen LogP contribution in [-0.4, -0.2) is 4.98 Å². The van der Waals surface area contributed by atoms with Crippen molar-refractivity contribution < 1.29 is 0 Å². The van der Waals surface area contributed by atoms with Crippen LogP contribution < -0.4 is 5.32 Å². The van der Waals surface area contributed by atoms with E-state index in [2.05, 4.69) is 10.3 Å². The van der Waals surface area contributed by atoms with Crippen LogP contribution in [-0.2, 0) is 0 Å². The van der Waals surface area contributed by atoms with Crippen molar-refractivity contribution in [3.8, 4) is 6.07 Å². The van der Waals surface area contributed by atoms with E-state index in [1.807, 2.05) is 37.3 Å². The van der Waals surface area contributed by atoms with Crippen molar-refractivity contribution in [2.24, 2.45) is 0 Å². The van der Waals surface area contributed by atoms with Gasteiger partial charge in [-0.25, -0.2) is 4.98 Å². The molecule has 0 saturated heterocycles. The molecule has 0 amide bonds. The lowest BCUT2D eigenvalue weighted by Gasteiger charge is -2.05. The van der Waals surface area contributed by atoms with Crippen LogP contribution in [0.5, 0.6) is 0 Å². The van der Waals surface area contributed by atoms with Gasteiger partial charge in [-0.3, -0.25) is 0 Å². The second-order valence-corrected chi connectivity index (χ2v) is 3.54. The Kier molecular flexibility index (Phi) is 2.84. The highest BCUT2D eigenvalue weighted by molar-refractivity contribution is 5.57. The molecule has 3 heteroatoms. The molecule has 0 spiro atoms. The second kappa shape index (κ2) is 4.45. The van der Waals surface area contributed by atoms with E-state index in [9.17, 15) is 0 Å². The van der Waals surface area contributed by atoms with Crippen molar-refractivity contribution >= 4 is 11.5 Å². The molecule has 1 N–H and O–H groups in total. The first kappa shape index (κ1) is 10.2. The predicted octanol–water partition coefficient (Wildman–Crippen LogP) is 3.01. The van der Waals surface area contributed by atoms with E-state index < -0.39 is 0 Å². The average molecular weight is 209 g/mol. The van der Waals surface area contributed by atoms with Crippen LogP contribution in [0, 0.1) is 18.3 Å². The van der Waals surface area contributed by atoms with Crippen molar-refractivity contribution in [3.05, 3.63) is 53.7 Å². The van der Waals surface area contributed by atoms with Crippen molar-refractivity contribution in [1.29, 1.82) is 5.26 Å². The van der Waals surface area contributed by atoms with Crippen molar-refractivity contribution in [1.82, 2.24) is 4.98 Å². The van der Waals surface area contributed by atoms with Crippen LogP contribution in [0.3, 0.4) is 0 Å². The Bertz CT molecular complexity index is 524. The third kappa shape index (κ3) is 2.37. The summed E-state index contributed by atoms with van der Waals surface area (Å²) >= 11 is 0. The Hall–Kier alpha value is -2.34. The van der Waals surface area contributed by atoms with Crippen molar-refractivity contribution in [2.75, 3.05) is 5.32 Å². The van der Waals surface area contributed by atoms with Crippen molar-refractivity contribution in [3.63, 3.8) is 0 Å². The standard InChI is InChI=1S/C13H11N3/c1-10-3-2-4-12(7-10)16-13-6-5-11(8-14)9-15-13/h2-7,9H,1H3,(H,15,16). The Balaban J connectivity index is 2.18. The van der Waals surface area contributed by atoms with Gasteiger partial charge in [0.15, 0.2) is 0 Å². The van der Waals surface area contributed by atoms with Gasteiger partial charge in [0.2, 0.25) is 0 Å². The summed E-state index contributed by atoms with van der Waals surface area (Å²) in [5.41, 5.74) is 2.76. The van der Waals surface area contributed by atoms with Crippen molar-refractivity contribution in [2.45, 2.75) is 6.92 Å². The van der Waals surface area contributed by atoms with Crippen LogP contribution in [0.25, 0.3) is 0 Å². The van der Waals surface area contributed by atoms with Crippen LogP contribution >= 0.6 is 0 Å². The number of aromatic nitrogens is 1. The summed E-state index contributed by atoms with van der Waals surface area (Å²) in [6.07, 6.45) is 1.55. The van der Waals surface area contributed by atoms with Gasteiger partial charge in [0.25, 0.3) is 0 Å². The summed E-state index contributed by atoms with van der Waals surface area (Å²) in [4.78, 5) is 4.14. The molecular formula is C13H11N3. The molecule has 1 aromatic heterocycles. The van der Waals surface area contributed by atoms with Gasteiger partial charge < -0.3 is 5.32 Å². The number of rotatable bonds is 2. The summed E-state index contributed by atoms with van der Waals surface area (Å²) in [6.45, 7) is 2.04. The smallest absolute Gasteiger partial charge is 0.130 e. The fourth-order valence-corrected chi connectivity index (χ4v) is 1.40. The molecule has 0 atom stereocenters. The molecule has 0 unspecified atom stereocenters. The quantitative estimate of drug-likeness (QED) is 0.827. The monoisotopic (exact) mass is 209 g/mol. The molecule has 16 heavy (non-hydrogen) atoms. The number of aryl methyl sites for hydroxylation is 1. The third-order valence-electron chi connectivity index (χ3n) is 2.18. The minimum atomic E-state index is 0.565. The SMILES string of the molecule is Cc1cccc(Nc2ccc(C#N)cn2)c1. The number of anilines is 2. The molecule has 1 heterocycles. The minimum absolute atomic E-state index is 0.565. The molecule has 0 bridgehead atoms. The van der Waals surface area contributed by atoms with Crippen LogP contribution in [0.15, 0.2) is 42.6 Å². The Morgan fingerprint density at radius 2 is 2.12 bits per heavy atom. The molecule has 0 aliphatic carbocycles. The zero-order valence-electron chi connectivity index (χ0n) is 8.94. The first-order valence-corrected chi connectivity index (χ1v) is 4.98. The van der Waals surface area contributed by atoms with Gasteiger partial charge in [0.1, 0.15) is 11.9 Å². The van der Waals surface area contributed by atoms with Gasteiger partial charge >= 0.3 is 0 Å². The summed E-state index contributed by atoms with van der Waals surface area (Å²) in [7, 11) is 0. The normalized spacial score (nSPS) is 9.50. The largest absolute Gasteiger partial charge is 0.340 e. The number of nitriles is 1. The number of benzene rings is 1. The maximum absolute atomic E-state index is 8.64. The summed E-state index contributed by atoms with van der Waals surface area (Å²) in [5.74, 6) is 0.740. The van der Waals surface area contributed by atoms with Crippen LogP contribution in [0.1, 0.15) is 11.1 Å². The maximum atomic E-state index is 8.64. The fraction of sp³-hybridized carbons (Fsp3) is 0.0769.